The molecule has 0 aromatic heterocycles. The Morgan fingerprint density at radius 1 is 1.75 bits per heavy atom. The zero-order chi connectivity index (χ0) is 6.28. The van der Waals surface area contributed by atoms with E-state index in [0.29, 0.717) is 0 Å². The Bertz CT molecular complexity index is 45.3. The molecule has 6 heteroatoms. The Kier molecular flexibility index (Phi) is 31.0. The molecule has 0 fully saturated rings. The van der Waals surface area contributed by atoms with E-state index in [9.17, 15) is 0 Å². The van der Waals surface area contributed by atoms with Crippen molar-refractivity contribution in [1.82, 2.24) is 0 Å². The number of hydrogen-bond acceptors (Lipinski definition) is 3. The standard InChI is InChI=1S/C2H6O.Li.H2O3S/c1-2-3;;1-4(2)3/h3H,2H2,1H3;;(H2,1,2,3)/q;+1;/p-1. The molecule has 0 spiro atoms. The molecule has 0 heterocycles. The first-order valence-electron chi connectivity index (χ1n) is 1.54. The van der Waals surface area contributed by atoms with Crippen LogP contribution in [0.1, 0.15) is 6.92 Å². The van der Waals surface area contributed by atoms with E-state index in [-0.39, 0.29) is 25.5 Å². The topological polar surface area (TPSA) is 80.6 Å². The predicted octanol–water partition coefficient (Wildman–Crippen LogP) is -3.66. The molecule has 4 nitrogen and oxygen atoms in total. The van der Waals surface area contributed by atoms with E-state index >= 15 is 0 Å². The van der Waals surface area contributed by atoms with Gasteiger partial charge >= 0.3 is 18.9 Å². The minimum atomic E-state index is -2.86. The normalized spacial score (nSPS) is 10.0. The molecule has 0 aliphatic carbocycles. The molecule has 2 N–H and O–H groups in total. The van der Waals surface area contributed by atoms with Gasteiger partial charge in [-0.15, -0.1) is 0 Å². The van der Waals surface area contributed by atoms with Crippen molar-refractivity contribution < 1.29 is 37.3 Å². The van der Waals surface area contributed by atoms with Gasteiger partial charge in [0.1, 0.15) is 0 Å². The summed E-state index contributed by atoms with van der Waals surface area (Å²) in [5.41, 5.74) is 0. The average molecular weight is 134 g/mol. The summed E-state index contributed by atoms with van der Waals surface area (Å²) in [5.74, 6) is 0. The van der Waals surface area contributed by atoms with Crippen LogP contribution < -0.4 is 18.9 Å². The minimum absolute atomic E-state index is 0. The summed E-state index contributed by atoms with van der Waals surface area (Å²) in [6, 6.07) is 0. The first-order valence-corrected chi connectivity index (χ1v) is 2.57. The quantitative estimate of drug-likeness (QED) is 0.264. The summed E-state index contributed by atoms with van der Waals surface area (Å²) in [6.07, 6.45) is 0. The summed E-state index contributed by atoms with van der Waals surface area (Å²) in [6.45, 7) is 1.93. The van der Waals surface area contributed by atoms with Gasteiger partial charge in [-0.05, 0) is 6.92 Å². The van der Waals surface area contributed by atoms with Gasteiger partial charge in [0, 0.05) is 6.61 Å². The van der Waals surface area contributed by atoms with Crippen molar-refractivity contribution >= 4 is 11.4 Å². The largest absolute Gasteiger partial charge is 1.00 e. The fraction of sp³-hybridized carbons (Fsp3) is 1.00. The molecule has 0 saturated heterocycles. The molecule has 0 saturated carbocycles. The van der Waals surface area contributed by atoms with E-state index in [2.05, 4.69) is 0 Å². The van der Waals surface area contributed by atoms with Crippen LogP contribution in [0.15, 0.2) is 0 Å². The van der Waals surface area contributed by atoms with E-state index in [1.807, 2.05) is 0 Å². The Morgan fingerprint density at radius 3 is 1.75 bits per heavy atom. The summed E-state index contributed by atoms with van der Waals surface area (Å²) in [7, 11) is 0. The van der Waals surface area contributed by atoms with Gasteiger partial charge in [-0.25, -0.2) is 4.21 Å². The summed E-state index contributed by atoms with van der Waals surface area (Å²) >= 11 is -2.86. The van der Waals surface area contributed by atoms with Crippen LogP contribution >= 0.6 is 0 Å². The molecule has 8 heavy (non-hydrogen) atoms. The monoisotopic (exact) mass is 134 g/mol. The van der Waals surface area contributed by atoms with E-state index in [4.69, 9.17) is 18.4 Å². The number of hydrogen-bond donors (Lipinski definition) is 2. The molecule has 1 unspecified atom stereocenters. The van der Waals surface area contributed by atoms with Crippen LogP contribution in [0, 0.1) is 0 Å². The van der Waals surface area contributed by atoms with Crippen LogP contribution in [0.25, 0.3) is 0 Å². The van der Waals surface area contributed by atoms with Crippen molar-refractivity contribution in [3.8, 4) is 0 Å². The molecule has 0 aromatic rings. The molecule has 46 valence electrons. The van der Waals surface area contributed by atoms with Gasteiger partial charge in [-0.3, -0.25) is 0 Å². The maximum Gasteiger partial charge on any atom is 1.00 e. The third kappa shape index (κ3) is 533. The van der Waals surface area contributed by atoms with Crippen LogP contribution in [0.3, 0.4) is 0 Å². The smallest absolute Gasteiger partial charge is 0.750 e. The Hall–Kier alpha value is 0.627. The predicted molar refractivity (Wildman–Crippen MR) is 24.3 cm³/mol. The minimum Gasteiger partial charge on any atom is -0.750 e. The molecule has 0 amide bonds. The van der Waals surface area contributed by atoms with Crippen molar-refractivity contribution in [2.75, 3.05) is 6.61 Å². The first-order chi connectivity index (χ1) is 3.15. The molecule has 0 bridgehead atoms. The van der Waals surface area contributed by atoms with Gasteiger partial charge in [0.2, 0.25) is 0 Å². The van der Waals surface area contributed by atoms with Crippen molar-refractivity contribution in [3.05, 3.63) is 0 Å². The van der Waals surface area contributed by atoms with Crippen molar-refractivity contribution in [2.24, 2.45) is 0 Å². The molecular formula is C2H7LiO4S. The number of aliphatic hydroxyl groups excluding tert-OH is 1. The molecular weight excluding hydrogens is 127 g/mol. The summed E-state index contributed by atoms with van der Waals surface area (Å²) in [5, 5.41) is 7.57. The summed E-state index contributed by atoms with van der Waals surface area (Å²) in [4.78, 5) is 0. The third-order valence-electron chi connectivity index (χ3n) is 0. The maximum absolute atomic E-state index is 8.56. The second-order valence-corrected chi connectivity index (χ2v) is 0.968. The number of rotatable bonds is 0. The van der Waals surface area contributed by atoms with Gasteiger partial charge in [-0.1, -0.05) is 0 Å². The van der Waals surface area contributed by atoms with E-state index < -0.39 is 11.4 Å². The SMILES string of the molecule is CCO.O=S([O-])O.[Li+]. The zero-order valence-corrected chi connectivity index (χ0v) is 5.64. The van der Waals surface area contributed by atoms with Gasteiger partial charge in [-0.2, -0.15) is 0 Å². The zero-order valence-electron chi connectivity index (χ0n) is 4.83. The van der Waals surface area contributed by atoms with E-state index in [1.54, 1.807) is 6.92 Å². The van der Waals surface area contributed by atoms with Crippen molar-refractivity contribution in [1.29, 1.82) is 0 Å². The van der Waals surface area contributed by atoms with Gasteiger partial charge in [0.25, 0.3) is 0 Å². The first kappa shape index (κ1) is 15.8. The summed E-state index contributed by atoms with van der Waals surface area (Å²) < 4.78 is 24.1. The van der Waals surface area contributed by atoms with Crippen LogP contribution in [0.5, 0.6) is 0 Å². The van der Waals surface area contributed by atoms with Crippen LogP contribution in [0.4, 0.5) is 0 Å². The molecule has 0 radical (unpaired) electrons. The van der Waals surface area contributed by atoms with Crippen molar-refractivity contribution in [2.45, 2.75) is 6.92 Å². The van der Waals surface area contributed by atoms with Crippen LogP contribution in [-0.4, -0.2) is 25.0 Å². The second kappa shape index (κ2) is 15.6. The third-order valence-corrected chi connectivity index (χ3v) is 0. The second-order valence-electron chi connectivity index (χ2n) is 0.533. The van der Waals surface area contributed by atoms with Crippen LogP contribution in [-0.2, 0) is 11.4 Å². The average Bonchev–Trinajstić information content (AvgIpc) is 1.33. The molecule has 0 rings (SSSR count). The van der Waals surface area contributed by atoms with Gasteiger partial charge in [0.05, 0.1) is 11.4 Å². The van der Waals surface area contributed by atoms with Crippen LogP contribution in [0.2, 0.25) is 0 Å². The maximum atomic E-state index is 8.56. The van der Waals surface area contributed by atoms with Gasteiger partial charge in [0.15, 0.2) is 0 Å². The Labute approximate surface area is 62.6 Å². The molecule has 0 aliphatic heterocycles. The van der Waals surface area contributed by atoms with Gasteiger partial charge < -0.3 is 14.2 Å². The Morgan fingerprint density at radius 2 is 1.75 bits per heavy atom. The fourth-order valence-corrected chi connectivity index (χ4v) is 0. The molecule has 0 aliphatic rings. The molecule has 1 atom stereocenters. The fourth-order valence-electron chi connectivity index (χ4n) is 0. The van der Waals surface area contributed by atoms with E-state index in [1.165, 1.54) is 0 Å². The molecule has 0 aromatic carbocycles. The van der Waals surface area contributed by atoms with E-state index in [0.717, 1.165) is 0 Å². The number of aliphatic hydroxyl groups is 1. The Balaban J connectivity index is -0.0000000575. The van der Waals surface area contributed by atoms with Crippen molar-refractivity contribution in [3.63, 3.8) is 0 Å².